The molecular weight excluding hydrogens is 198 g/mol. The molecule has 1 fully saturated rings. The van der Waals surface area contributed by atoms with E-state index in [0.29, 0.717) is 19.4 Å². The number of carboxylic acid groups (broad SMARTS) is 1. The van der Waals surface area contributed by atoms with Crippen molar-refractivity contribution in [2.45, 2.75) is 38.5 Å². The zero-order valence-electron chi connectivity index (χ0n) is 8.46. The first-order valence-electron chi connectivity index (χ1n) is 4.98. The van der Waals surface area contributed by atoms with Gasteiger partial charge >= 0.3 is 5.97 Å². The van der Waals surface area contributed by atoms with Gasteiger partial charge in [-0.2, -0.15) is 5.10 Å². The molecule has 1 aliphatic heterocycles. The Hall–Kier alpha value is -1.43. The van der Waals surface area contributed by atoms with Crippen molar-refractivity contribution < 1.29 is 14.6 Å². The summed E-state index contributed by atoms with van der Waals surface area (Å²) < 4.78 is 7.12. The first-order valence-corrected chi connectivity index (χ1v) is 4.98. The quantitative estimate of drug-likeness (QED) is 0.792. The van der Waals surface area contributed by atoms with Gasteiger partial charge in [0.05, 0.1) is 0 Å². The average molecular weight is 211 g/mol. The summed E-state index contributed by atoms with van der Waals surface area (Å²) in [6, 6.07) is 0. The molecule has 1 aromatic rings. The molecule has 1 aliphatic rings. The van der Waals surface area contributed by atoms with Crippen molar-refractivity contribution in [1.29, 1.82) is 0 Å². The van der Waals surface area contributed by atoms with Crippen LogP contribution in [0.3, 0.4) is 0 Å². The second kappa shape index (κ2) is 3.98. The van der Waals surface area contributed by atoms with Crippen LogP contribution in [0.4, 0.5) is 0 Å². The maximum Gasteiger partial charge on any atom is 0.332 e. The molecule has 2 atom stereocenters. The Labute approximate surface area is 86.9 Å². The second-order valence-electron chi connectivity index (χ2n) is 3.46. The highest BCUT2D eigenvalue weighted by Crippen LogP contribution is 2.31. The van der Waals surface area contributed by atoms with Crippen LogP contribution < -0.4 is 0 Å². The fourth-order valence-corrected chi connectivity index (χ4v) is 1.77. The van der Waals surface area contributed by atoms with Gasteiger partial charge < -0.3 is 9.84 Å². The van der Waals surface area contributed by atoms with E-state index in [2.05, 4.69) is 10.1 Å². The van der Waals surface area contributed by atoms with Gasteiger partial charge in [-0.1, -0.05) is 0 Å². The summed E-state index contributed by atoms with van der Waals surface area (Å²) in [6.07, 6.45) is 1.77. The minimum absolute atomic E-state index is 0.228. The van der Waals surface area contributed by atoms with E-state index in [1.807, 2.05) is 6.92 Å². The van der Waals surface area contributed by atoms with Crippen LogP contribution in [0, 0.1) is 0 Å². The highest BCUT2D eigenvalue weighted by Gasteiger charge is 2.33. The summed E-state index contributed by atoms with van der Waals surface area (Å²) in [4.78, 5) is 14.8. The molecule has 82 valence electrons. The van der Waals surface area contributed by atoms with Crippen molar-refractivity contribution in [2.75, 3.05) is 0 Å². The molecule has 0 spiro atoms. The van der Waals surface area contributed by atoms with Gasteiger partial charge in [-0.15, -0.1) is 0 Å². The van der Waals surface area contributed by atoms with E-state index in [1.165, 1.54) is 6.33 Å². The lowest BCUT2D eigenvalue weighted by Gasteiger charge is -2.10. The lowest BCUT2D eigenvalue weighted by atomic mass is 10.2. The highest BCUT2D eigenvalue weighted by molar-refractivity contribution is 5.72. The van der Waals surface area contributed by atoms with E-state index in [9.17, 15) is 4.79 Å². The van der Waals surface area contributed by atoms with E-state index in [1.54, 1.807) is 4.68 Å². The molecule has 6 heteroatoms. The number of hydrogen-bond donors (Lipinski definition) is 1. The van der Waals surface area contributed by atoms with Crippen LogP contribution in [0.1, 0.15) is 31.7 Å². The molecule has 0 aliphatic carbocycles. The van der Waals surface area contributed by atoms with Gasteiger partial charge in [0.2, 0.25) is 0 Å². The van der Waals surface area contributed by atoms with Gasteiger partial charge in [0.25, 0.3) is 0 Å². The Morgan fingerprint density at radius 2 is 2.53 bits per heavy atom. The number of aryl methyl sites for hydroxylation is 1. The van der Waals surface area contributed by atoms with Crippen LogP contribution >= 0.6 is 0 Å². The molecule has 0 amide bonds. The van der Waals surface area contributed by atoms with Crippen LogP contribution in [-0.2, 0) is 16.1 Å². The number of aliphatic carboxylic acids is 1. The van der Waals surface area contributed by atoms with Crippen molar-refractivity contribution in [1.82, 2.24) is 14.8 Å². The Balaban J connectivity index is 2.10. The average Bonchev–Trinajstić information content (AvgIpc) is 2.85. The molecule has 2 rings (SSSR count). The third-order valence-electron chi connectivity index (χ3n) is 2.53. The predicted octanol–water partition coefficient (Wildman–Crippen LogP) is 0.603. The van der Waals surface area contributed by atoms with Crippen molar-refractivity contribution in [2.24, 2.45) is 0 Å². The third-order valence-corrected chi connectivity index (χ3v) is 2.53. The zero-order valence-corrected chi connectivity index (χ0v) is 8.46. The highest BCUT2D eigenvalue weighted by atomic mass is 16.5. The Bertz CT molecular complexity index is 363. The monoisotopic (exact) mass is 211 g/mol. The normalized spacial score (nSPS) is 25.7. The molecule has 0 saturated carbocycles. The molecule has 1 aromatic heterocycles. The fraction of sp³-hybridized carbons (Fsp3) is 0.667. The van der Waals surface area contributed by atoms with E-state index in [0.717, 1.165) is 5.82 Å². The Kier molecular flexibility index (Phi) is 2.68. The molecule has 0 bridgehead atoms. The first-order chi connectivity index (χ1) is 7.22. The maximum atomic E-state index is 10.7. The summed E-state index contributed by atoms with van der Waals surface area (Å²) in [6.45, 7) is 2.68. The van der Waals surface area contributed by atoms with Crippen LogP contribution in [0.25, 0.3) is 0 Å². The summed E-state index contributed by atoms with van der Waals surface area (Å²) in [7, 11) is 0. The van der Waals surface area contributed by atoms with E-state index < -0.39 is 12.1 Å². The lowest BCUT2D eigenvalue weighted by Crippen LogP contribution is -2.19. The molecule has 2 heterocycles. The summed E-state index contributed by atoms with van der Waals surface area (Å²) in [5.41, 5.74) is 0. The van der Waals surface area contributed by atoms with E-state index >= 15 is 0 Å². The van der Waals surface area contributed by atoms with Crippen LogP contribution in [0.2, 0.25) is 0 Å². The number of aromatic nitrogens is 3. The minimum atomic E-state index is -0.903. The smallest absolute Gasteiger partial charge is 0.332 e. The largest absolute Gasteiger partial charge is 0.479 e. The van der Waals surface area contributed by atoms with Crippen molar-refractivity contribution in [3.05, 3.63) is 12.2 Å². The standard InChI is InChI=1S/C9H13N3O3/c1-2-12-8(10-5-11-12)6-3-4-7(15-6)9(13)14/h5-7H,2-4H2,1H3,(H,13,14). The van der Waals surface area contributed by atoms with Gasteiger partial charge in [0.15, 0.2) is 11.9 Å². The molecule has 2 unspecified atom stereocenters. The number of ether oxygens (including phenoxy) is 1. The summed E-state index contributed by atoms with van der Waals surface area (Å²) >= 11 is 0. The molecule has 1 N–H and O–H groups in total. The Morgan fingerprint density at radius 1 is 1.73 bits per heavy atom. The Morgan fingerprint density at radius 3 is 3.13 bits per heavy atom. The van der Waals surface area contributed by atoms with Gasteiger partial charge in [0, 0.05) is 6.54 Å². The van der Waals surface area contributed by atoms with Crippen LogP contribution in [0.5, 0.6) is 0 Å². The van der Waals surface area contributed by atoms with Gasteiger partial charge in [-0.25, -0.2) is 14.5 Å². The van der Waals surface area contributed by atoms with Crippen LogP contribution in [-0.4, -0.2) is 31.9 Å². The molecule has 15 heavy (non-hydrogen) atoms. The topological polar surface area (TPSA) is 77.2 Å². The van der Waals surface area contributed by atoms with Gasteiger partial charge in [-0.05, 0) is 19.8 Å². The molecular formula is C9H13N3O3. The predicted molar refractivity (Wildman–Crippen MR) is 50.2 cm³/mol. The minimum Gasteiger partial charge on any atom is -0.479 e. The second-order valence-corrected chi connectivity index (χ2v) is 3.46. The molecule has 6 nitrogen and oxygen atoms in total. The molecule has 1 saturated heterocycles. The third kappa shape index (κ3) is 1.85. The van der Waals surface area contributed by atoms with Crippen molar-refractivity contribution in [3.63, 3.8) is 0 Å². The number of rotatable bonds is 3. The lowest BCUT2D eigenvalue weighted by molar-refractivity contribution is -0.149. The SMILES string of the molecule is CCn1ncnc1C1CCC(C(=O)O)O1. The number of carbonyl (C=O) groups is 1. The maximum absolute atomic E-state index is 10.7. The number of hydrogen-bond acceptors (Lipinski definition) is 4. The number of carboxylic acids is 1. The summed E-state index contributed by atoms with van der Waals surface area (Å²) in [5, 5.41) is 12.8. The van der Waals surface area contributed by atoms with Crippen LogP contribution in [0.15, 0.2) is 6.33 Å². The molecule has 0 aromatic carbocycles. The van der Waals surface area contributed by atoms with Gasteiger partial charge in [-0.3, -0.25) is 0 Å². The first kappa shape index (κ1) is 10.1. The number of nitrogens with zero attached hydrogens (tertiary/aromatic N) is 3. The van der Waals surface area contributed by atoms with Crippen molar-refractivity contribution >= 4 is 5.97 Å². The molecule has 0 radical (unpaired) electrons. The fourth-order valence-electron chi connectivity index (χ4n) is 1.77. The van der Waals surface area contributed by atoms with Crippen molar-refractivity contribution in [3.8, 4) is 0 Å². The zero-order chi connectivity index (χ0) is 10.8. The summed E-state index contributed by atoms with van der Waals surface area (Å²) in [5.74, 6) is -0.179. The van der Waals surface area contributed by atoms with E-state index in [4.69, 9.17) is 9.84 Å². The van der Waals surface area contributed by atoms with Gasteiger partial charge in [0.1, 0.15) is 12.4 Å². The van der Waals surface area contributed by atoms with E-state index in [-0.39, 0.29) is 6.10 Å².